The molecule has 116 valence electrons. The fourth-order valence-electron chi connectivity index (χ4n) is 4.08. The van der Waals surface area contributed by atoms with Crippen molar-refractivity contribution in [1.82, 2.24) is 0 Å². The molecule has 0 bridgehead atoms. The number of para-hydroxylation sites is 1. The molecule has 2 heteroatoms. The molecule has 21 heavy (non-hydrogen) atoms. The van der Waals surface area contributed by atoms with Gasteiger partial charge in [-0.05, 0) is 49.0 Å². The molecule has 0 radical (unpaired) electrons. The molecular formula is C19H28O2. The molecule has 0 aromatic heterocycles. The van der Waals surface area contributed by atoms with Crippen LogP contribution in [-0.2, 0) is 0 Å². The fourth-order valence-corrected chi connectivity index (χ4v) is 4.08. The second-order valence-corrected chi connectivity index (χ2v) is 7.98. The Hall–Kier alpha value is -1.02. The minimum atomic E-state index is -0.128. The zero-order chi connectivity index (χ0) is 15.0. The highest BCUT2D eigenvalue weighted by molar-refractivity contribution is 5.39. The molecule has 3 rings (SSSR count). The van der Waals surface area contributed by atoms with Crippen molar-refractivity contribution in [2.45, 2.75) is 58.5 Å². The summed E-state index contributed by atoms with van der Waals surface area (Å²) in [7, 11) is 0. The SMILES string of the molecule is CC(C)(C)C1CCC(O)C(CC2COc3ccccc32)C1. The Labute approximate surface area is 128 Å². The van der Waals surface area contributed by atoms with Crippen LogP contribution in [0, 0.1) is 17.3 Å². The molecular weight excluding hydrogens is 260 g/mol. The van der Waals surface area contributed by atoms with Crippen LogP contribution in [0.15, 0.2) is 24.3 Å². The summed E-state index contributed by atoms with van der Waals surface area (Å²) in [4.78, 5) is 0. The van der Waals surface area contributed by atoms with E-state index < -0.39 is 0 Å². The summed E-state index contributed by atoms with van der Waals surface area (Å²) in [5, 5.41) is 10.4. The first kappa shape index (κ1) is 14.9. The number of benzene rings is 1. The summed E-state index contributed by atoms with van der Waals surface area (Å²) in [6, 6.07) is 8.37. The van der Waals surface area contributed by atoms with E-state index in [2.05, 4.69) is 39.0 Å². The fraction of sp³-hybridized carbons (Fsp3) is 0.684. The van der Waals surface area contributed by atoms with E-state index >= 15 is 0 Å². The first-order valence-electron chi connectivity index (χ1n) is 8.35. The van der Waals surface area contributed by atoms with Crippen LogP contribution in [0.25, 0.3) is 0 Å². The van der Waals surface area contributed by atoms with Crippen LogP contribution in [0.3, 0.4) is 0 Å². The lowest BCUT2D eigenvalue weighted by Gasteiger charge is -2.40. The molecule has 1 N–H and O–H groups in total. The highest BCUT2D eigenvalue weighted by Gasteiger charge is 2.37. The van der Waals surface area contributed by atoms with Crippen molar-refractivity contribution in [1.29, 1.82) is 0 Å². The summed E-state index contributed by atoms with van der Waals surface area (Å²) in [6.07, 6.45) is 4.21. The second kappa shape index (κ2) is 5.64. The highest BCUT2D eigenvalue weighted by Crippen LogP contribution is 2.45. The van der Waals surface area contributed by atoms with E-state index in [0.29, 0.717) is 17.3 Å². The first-order chi connectivity index (χ1) is 9.95. The Morgan fingerprint density at radius 1 is 1.19 bits per heavy atom. The van der Waals surface area contributed by atoms with Crippen molar-refractivity contribution in [2.75, 3.05) is 6.61 Å². The molecule has 1 fully saturated rings. The van der Waals surface area contributed by atoms with Crippen LogP contribution in [0.4, 0.5) is 0 Å². The molecule has 1 aromatic rings. The minimum absolute atomic E-state index is 0.128. The van der Waals surface area contributed by atoms with Crippen LogP contribution < -0.4 is 4.74 Å². The summed E-state index contributed by atoms with van der Waals surface area (Å²) < 4.78 is 5.80. The summed E-state index contributed by atoms with van der Waals surface area (Å²) in [6.45, 7) is 7.78. The van der Waals surface area contributed by atoms with E-state index in [1.54, 1.807) is 0 Å². The molecule has 4 unspecified atom stereocenters. The van der Waals surface area contributed by atoms with E-state index in [1.807, 2.05) is 6.07 Å². The molecule has 1 aliphatic carbocycles. The molecule has 4 atom stereocenters. The van der Waals surface area contributed by atoms with Crippen LogP contribution in [-0.4, -0.2) is 17.8 Å². The van der Waals surface area contributed by atoms with E-state index in [0.717, 1.165) is 37.5 Å². The lowest BCUT2D eigenvalue weighted by Crippen LogP contribution is -2.35. The van der Waals surface area contributed by atoms with Gasteiger partial charge in [0.1, 0.15) is 5.75 Å². The molecule has 0 spiro atoms. The monoisotopic (exact) mass is 288 g/mol. The molecule has 1 aliphatic heterocycles. The van der Waals surface area contributed by atoms with Gasteiger partial charge in [0.05, 0.1) is 12.7 Å². The third-order valence-electron chi connectivity index (χ3n) is 5.55. The Bertz CT molecular complexity index is 489. The van der Waals surface area contributed by atoms with Crippen molar-refractivity contribution in [3.05, 3.63) is 29.8 Å². The molecule has 2 aliphatic rings. The van der Waals surface area contributed by atoms with Crippen LogP contribution >= 0.6 is 0 Å². The summed E-state index contributed by atoms with van der Waals surface area (Å²) in [5.74, 6) is 2.64. The van der Waals surface area contributed by atoms with Crippen molar-refractivity contribution >= 4 is 0 Å². The second-order valence-electron chi connectivity index (χ2n) is 7.98. The van der Waals surface area contributed by atoms with Gasteiger partial charge >= 0.3 is 0 Å². The smallest absolute Gasteiger partial charge is 0.122 e. The molecule has 2 nitrogen and oxygen atoms in total. The van der Waals surface area contributed by atoms with Gasteiger partial charge < -0.3 is 9.84 Å². The maximum atomic E-state index is 10.4. The van der Waals surface area contributed by atoms with Crippen LogP contribution in [0.1, 0.15) is 57.9 Å². The number of aliphatic hydroxyl groups is 1. The molecule has 0 amide bonds. The van der Waals surface area contributed by atoms with Gasteiger partial charge in [0, 0.05) is 11.5 Å². The Kier molecular flexibility index (Phi) is 4.00. The maximum Gasteiger partial charge on any atom is 0.122 e. The normalized spacial score (nSPS) is 32.6. The van der Waals surface area contributed by atoms with Gasteiger partial charge in [0.15, 0.2) is 0 Å². The first-order valence-corrected chi connectivity index (χ1v) is 8.35. The molecule has 1 saturated carbocycles. The summed E-state index contributed by atoms with van der Waals surface area (Å²) >= 11 is 0. The molecule has 0 saturated heterocycles. The number of rotatable bonds is 2. The topological polar surface area (TPSA) is 29.5 Å². The Morgan fingerprint density at radius 3 is 2.71 bits per heavy atom. The van der Waals surface area contributed by atoms with E-state index in [9.17, 15) is 5.11 Å². The number of hydrogen-bond donors (Lipinski definition) is 1. The van der Waals surface area contributed by atoms with Crippen molar-refractivity contribution in [2.24, 2.45) is 17.3 Å². The van der Waals surface area contributed by atoms with Gasteiger partial charge in [-0.3, -0.25) is 0 Å². The van der Waals surface area contributed by atoms with E-state index in [4.69, 9.17) is 4.74 Å². The lowest BCUT2D eigenvalue weighted by molar-refractivity contribution is 0.0121. The van der Waals surface area contributed by atoms with Crippen molar-refractivity contribution in [3.8, 4) is 5.75 Å². The third kappa shape index (κ3) is 3.11. The number of aliphatic hydroxyl groups excluding tert-OH is 1. The van der Waals surface area contributed by atoms with E-state index in [1.165, 1.54) is 12.0 Å². The maximum absolute atomic E-state index is 10.4. The number of hydrogen-bond acceptors (Lipinski definition) is 2. The quantitative estimate of drug-likeness (QED) is 0.875. The van der Waals surface area contributed by atoms with Crippen molar-refractivity contribution in [3.63, 3.8) is 0 Å². The van der Waals surface area contributed by atoms with Gasteiger partial charge in [0.2, 0.25) is 0 Å². The summed E-state index contributed by atoms with van der Waals surface area (Å²) in [5.41, 5.74) is 1.69. The zero-order valence-electron chi connectivity index (χ0n) is 13.5. The largest absolute Gasteiger partial charge is 0.493 e. The van der Waals surface area contributed by atoms with E-state index in [-0.39, 0.29) is 6.10 Å². The highest BCUT2D eigenvalue weighted by atomic mass is 16.5. The minimum Gasteiger partial charge on any atom is -0.493 e. The predicted octanol–water partition coefficient (Wildman–Crippen LogP) is 4.38. The molecule has 1 aromatic carbocycles. The average molecular weight is 288 g/mol. The van der Waals surface area contributed by atoms with Gasteiger partial charge in [-0.2, -0.15) is 0 Å². The van der Waals surface area contributed by atoms with Gasteiger partial charge in [-0.25, -0.2) is 0 Å². The van der Waals surface area contributed by atoms with Crippen LogP contribution in [0.2, 0.25) is 0 Å². The molecule has 1 heterocycles. The van der Waals surface area contributed by atoms with Crippen LogP contribution in [0.5, 0.6) is 5.75 Å². The standard InChI is InChI=1S/C19H28O2/c1-19(2,3)15-8-9-17(20)13(11-15)10-14-12-21-18-7-5-4-6-16(14)18/h4-7,13-15,17,20H,8-12H2,1-3H3. The Morgan fingerprint density at radius 2 is 1.95 bits per heavy atom. The third-order valence-corrected chi connectivity index (χ3v) is 5.55. The number of ether oxygens (including phenoxy) is 1. The predicted molar refractivity (Wildman–Crippen MR) is 85.6 cm³/mol. The van der Waals surface area contributed by atoms with Gasteiger partial charge in [0.25, 0.3) is 0 Å². The van der Waals surface area contributed by atoms with Gasteiger partial charge in [-0.15, -0.1) is 0 Å². The Balaban J connectivity index is 1.69. The zero-order valence-corrected chi connectivity index (χ0v) is 13.5. The lowest BCUT2D eigenvalue weighted by atomic mass is 9.66. The van der Waals surface area contributed by atoms with Crippen molar-refractivity contribution < 1.29 is 9.84 Å². The average Bonchev–Trinajstić information content (AvgIpc) is 2.83. The number of fused-ring (bicyclic) bond motifs is 1. The van der Waals surface area contributed by atoms with Gasteiger partial charge in [-0.1, -0.05) is 39.0 Å².